The van der Waals surface area contributed by atoms with Gasteiger partial charge in [0, 0.05) is 16.3 Å². The fraction of sp³-hybridized carbons (Fsp3) is 0.0714. The highest BCUT2D eigenvalue weighted by atomic mass is 35.5. The molecule has 5 nitrogen and oxygen atoms in total. The highest BCUT2D eigenvalue weighted by molar-refractivity contribution is 6.30. The smallest absolute Gasteiger partial charge is 0.187 e. The van der Waals surface area contributed by atoms with Crippen LogP contribution >= 0.6 is 11.6 Å². The highest BCUT2D eigenvalue weighted by Crippen LogP contribution is 2.25. The van der Waals surface area contributed by atoms with Crippen LogP contribution in [0.3, 0.4) is 0 Å². The number of tetrazole rings is 1. The number of benzene rings is 2. The van der Waals surface area contributed by atoms with Crippen molar-refractivity contribution in [1.29, 1.82) is 0 Å². The molecule has 0 unspecified atom stereocenters. The van der Waals surface area contributed by atoms with Gasteiger partial charge in [0.25, 0.3) is 0 Å². The van der Waals surface area contributed by atoms with Crippen molar-refractivity contribution in [1.82, 2.24) is 20.2 Å². The quantitative estimate of drug-likeness (QED) is 0.739. The Balaban J connectivity index is 2.14. The van der Waals surface area contributed by atoms with E-state index in [1.54, 1.807) is 12.1 Å². The van der Waals surface area contributed by atoms with Crippen LogP contribution in [0.2, 0.25) is 5.02 Å². The lowest BCUT2D eigenvalue weighted by Crippen LogP contribution is -2.01. The molecule has 0 saturated carbocycles. The Morgan fingerprint density at radius 3 is 2.71 bits per heavy atom. The summed E-state index contributed by atoms with van der Waals surface area (Å²) < 4.78 is 14.9. The molecule has 7 heteroatoms. The van der Waals surface area contributed by atoms with Gasteiger partial charge in [-0.2, -0.15) is 4.68 Å². The minimum absolute atomic E-state index is 0.273. The van der Waals surface area contributed by atoms with Crippen LogP contribution in [0.15, 0.2) is 36.4 Å². The van der Waals surface area contributed by atoms with Crippen LogP contribution in [0.25, 0.3) is 17.1 Å². The van der Waals surface area contributed by atoms with Crippen LogP contribution in [-0.4, -0.2) is 20.2 Å². The van der Waals surface area contributed by atoms with Gasteiger partial charge in [-0.15, -0.1) is 5.10 Å². The number of hydrogen-bond acceptors (Lipinski definition) is 4. The fourth-order valence-electron chi connectivity index (χ4n) is 1.98. The molecule has 21 heavy (non-hydrogen) atoms. The molecule has 0 bridgehead atoms. The van der Waals surface area contributed by atoms with E-state index in [9.17, 15) is 4.39 Å². The van der Waals surface area contributed by atoms with Crippen molar-refractivity contribution in [2.75, 3.05) is 5.73 Å². The Morgan fingerprint density at radius 1 is 1.19 bits per heavy atom. The van der Waals surface area contributed by atoms with Crippen molar-refractivity contribution < 1.29 is 4.39 Å². The average molecular weight is 304 g/mol. The first-order chi connectivity index (χ1) is 10.0. The largest absolute Gasteiger partial charge is 0.398 e. The van der Waals surface area contributed by atoms with Gasteiger partial charge < -0.3 is 5.73 Å². The molecule has 0 saturated heterocycles. The number of hydrogen-bond donors (Lipinski definition) is 1. The predicted octanol–water partition coefficient (Wildman–Crippen LogP) is 3.01. The number of rotatable bonds is 2. The fourth-order valence-corrected chi connectivity index (χ4v) is 2.20. The van der Waals surface area contributed by atoms with Crippen LogP contribution < -0.4 is 5.73 Å². The van der Waals surface area contributed by atoms with Crippen molar-refractivity contribution in [3.8, 4) is 17.1 Å². The molecule has 0 aliphatic carbocycles. The minimum Gasteiger partial charge on any atom is -0.398 e. The lowest BCUT2D eigenvalue weighted by Gasteiger charge is -2.07. The molecule has 0 aliphatic heterocycles. The molecule has 2 aromatic carbocycles. The second-order valence-electron chi connectivity index (χ2n) is 4.61. The van der Waals surface area contributed by atoms with E-state index in [-0.39, 0.29) is 5.02 Å². The minimum atomic E-state index is -0.456. The first kappa shape index (κ1) is 13.5. The van der Waals surface area contributed by atoms with E-state index in [2.05, 4.69) is 15.5 Å². The van der Waals surface area contributed by atoms with Gasteiger partial charge >= 0.3 is 0 Å². The predicted molar refractivity (Wildman–Crippen MR) is 78.7 cm³/mol. The zero-order valence-corrected chi connectivity index (χ0v) is 11.8. The third kappa shape index (κ3) is 2.57. The lowest BCUT2D eigenvalue weighted by molar-refractivity contribution is 0.625. The van der Waals surface area contributed by atoms with Gasteiger partial charge in [-0.1, -0.05) is 23.7 Å². The van der Waals surface area contributed by atoms with Gasteiger partial charge in [-0.05, 0) is 47.2 Å². The number of aromatic nitrogens is 4. The van der Waals surface area contributed by atoms with Crippen LogP contribution in [0.5, 0.6) is 0 Å². The van der Waals surface area contributed by atoms with E-state index in [4.69, 9.17) is 17.3 Å². The van der Waals surface area contributed by atoms with E-state index in [1.165, 1.54) is 16.8 Å². The summed E-state index contributed by atoms with van der Waals surface area (Å²) in [5, 5.41) is 11.8. The van der Waals surface area contributed by atoms with E-state index in [1.807, 2.05) is 19.1 Å². The molecule has 1 aromatic heterocycles. The van der Waals surface area contributed by atoms with E-state index >= 15 is 0 Å². The van der Waals surface area contributed by atoms with E-state index in [0.717, 1.165) is 11.1 Å². The Labute approximate surface area is 125 Å². The number of nitrogens with zero attached hydrogens (tertiary/aromatic N) is 4. The maximum atomic E-state index is 13.5. The van der Waals surface area contributed by atoms with Crippen molar-refractivity contribution in [3.63, 3.8) is 0 Å². The number of halogens is 2. The molecule has 0 fully saturated rings. The molecule has 0 atom stereocenters. The molecule has 3 aromatic rings. The van der Waals surface area contributed by atoms with Gasteiger partial charge in [0.15, 0.2) is 5.82 Å². The summed E-state index contributed by atoms with van der Waals surface area (Å²) in [6.07, 6.45) is 0. The third-order valence-corrected chi connectivity index (χ3v) is 3.32. The molecule has 2 N–H and O–H groups in total. The summed E-state index contributed by atoms with van der Waals surface area (Å²) in [6.45, 7) is 1.91. The first-order valence-corrected chi connectivity index (χ1v) is 6.54. The van der Waals surface area contributed by atoms with Crippen LogP contribution in [0, 0.1) is 12.7 Å². The second kappa shape index (κ2) is 5.14. The molecular weight excluding hydrogens is 293 g/mol. The van der Waals surface area contributed by atoms with E-state index < -0.39 is 5.82 Å². The molecular formula is C14H11ClFN5. The number of nitrogen functional groups attached to an aromatic ring is 1. The van der Waals surface area contributed by atoms with Gasteiger partial charge in [0.05, 0.1) is 5.69 Å². The molecule has 0 amide bonds. The normalized spacial score (nSPS) is 10.8. The number of anilines is 1. The van der Waals surface area contributed by atoms with Crippen molar-refractivity contribution in [2.45, 2.75) is 6.92 Å². The van der Waals surface area contributed by atoms with Crippen molar-refractivity contribution in [2.24, 2.45) is 0 Å². The van der Waals surface area contributed by atoms with Crippen LogP contribution in [0.1, 0.15) is 5.56 Å². The van der Waals surface area contributed by atoms with Crippen LogP contribution in [-0.2, 0) is 0 Å². The maximum Gasteiger partial charge on any atom is 0.187 e. The summed E-state index contributed by atoms with van der Waals surface area (Å²) in [6, 6.07) is 9.62. The van der Waals surface area contributed by atoms with Crippen LogP contribution in [0.4, 0.5) is 10.1 Å². The maximum absolute atomic E-state index is 13.5. The molecule has 0 radical (unpaired) electrons. The summed E-state index contributed by atoms with van der Waals surface area (Å²) in [5.74, 6) is 0.00531. The van der Waals surface area contributed by atoms with E-state index in [0.29, 0.717) is 17.2 Å². The zero-order chi connectivity index (χ0) is 15.0. The molecule has 1 heterocycles. The Kier molecular flexibility index (Phi) is 3.31. The van der Waals surface area contributed by atoms with Gasteiger partial charge in [-0.25, -0.2) is 4.39 Å². The summed E-state index contributed by atoms with van der Waals surface area (Å²) >= 11 is 5.87. The summed E-state index contributed by atoms with van der Waals surface area (Å²) in [4.78, 5) is 0. The summed E-state index contributed by atoms with van der Waals surface area (Å²) in [7, 11) is 0. The molecule has 0 aliphatic rings. The zero-order valence-electron chi connectivity index (χ0n) is 11.1. The number of aryl methyl sites for hydroxylation is 1. The number of nitrogens with two attached hydrogens (primary N) is 1. The standard InChI is InChI=1S/C14H11ClFN5/c1-8-2-3-9(4-13(8)17)14-18-19-20-21(14)12-6-10(15)5-11(16)7-12/h2-7H,17H2,1H3. The molecule has 0 spiro atoms. The van der Waals surface area contributed by atoms with Crippen molar-refractivity contribution in [3.05, 3.63) is 52.8 Å². The monoisotopic (exact) mass is 303 g/mol. The average Bonchev–Trinajstić information content (AvgIpc) is 2.90. The third-order valence-electron chi connectivity index (χ3n) is 3.10. The summed E-state index contributed by atoms with van der Waals surface area (Å²) in [5.41, 5.74) is 8.69. The van der Waals surface area contributed by atoms with Gasteiger partial charge in [0.1, 0.15) is 5.82 Å². The first-order valence-electron chi connectivity index (χ1n) is 6.16. The van der Waals surface area contributed by atoms with Gasteiger partial charge in [-0.3, -0.25) is 0 Å². The Hall–Kier alpha value is -2.47. The second-order valence-corrected chi connectivity index (χ2v) is 5.05. The molecule has 106 valence electrons. The SMILES string of the molecule is Cc1ccc(-c2nnnn2-c2cc(F)cc(Cl)c2)cc1N. The lowest BCUT2D eigenvalue weighted by atomic mass is 10.1. The Morgan fingerprint density at radius 2 is 2.00 bits per heavy atom. The van der Waals surface area contributed by atoms with Gasteiger partial charge in [0.2, 0.25) is 0 Å². The Bertz CT molecular complexity index is 795. The topological polar surface area (TPSA) is 69.6 Å². The molecule has 3 rings (SSSR count). The van der Waals surface area contributed by atoms with Crippen molar-refractivity contribution >= 4 is 17.3 Å². The highest BCUT2D eigenvalue weighted by Gasteiger charge is 2.13.